The average molecular weight is 252 g/mol. The van der Waals surface area contributed by atoms with Crippen molar-refractivity contribution in [3.8, 4) is 0 Å². The molecule has 2 nitrogen and oxygen atoms in total. The van der Waals surface area contributed by atoms with Gasteiger partial charge in [0, 0.05) is 0 Å². The SMILES string of the molecule is C=C[C@]1(C)CC[C@](C)([C@](C)(O)CCC=C(C)C)O1. The van der Waals surface area contributed by atoms with E-state index in [1.165, 1.54) is 5.57 Å². The van der Waals surface area contributed by atoms with Crippen LogP contribution in [-0.4, -0.2) is 21.9 Å². The Morgan fingerprint density at radius 1 is 1.39 bits per heavy atom. The zero-order valence-corrected chi connectivity index (χ0v) is 12.5. The van der Waals surface area contributed by atoms with Gasteiger partial charge in [-0.2, -0.15) is 0 Å². The van der Waals surface area contributed by atoms with Gasteiger partial charge in [0.15, 0.2) is 0 Å². The van der Waals surface area contributed by atoms with Crippen LogP contribution in [0.1, 0.15) is 60.3 Å². The van der Waals surface area contributed by atoms with Gasteiger partial charge in [0.25, 0.3) is 0 Å². The molecule has 1 N–H and O–H groups in total. The Balaban J connectivity index is 2.72. The molecular formula is C16H28O2. The Hall–Kier alpha value is -0.600. The van der Waals surface area contributed by atoms with E-state index in [4.69, 9.17) is 4.74 Å². The predicted octanol–water partition coefficient (Wildman–Crippen LogP) is 4.00. The van der Waals surface area contributed by atoms with E-state index in [0.29, 0.717) is 0 Å². The summed E-state index contributed by atoms with van der Waals surface area (Å²) in [6, 6.07) is 0. The molecule has 0 unspecified atom stereocenters. The third kappa shape index (κ3) is 3.24. The molecule has 1 saturated heterocycles. The van der Waals surface area contributed by atoms with Crippen LogP contribution >= 0.6 is 0 Å². The second-order valence-electron chi connectivity index (χ2n) is 6.44. The minimum absolute atomic E-state index is 0.296. The van der Waals surface area contributed by atoms with Crippen molar-refractivity contribution in [3.63, 3.8) is 0 Å². The van der Waals surface area contributed by atoms with E-state index in [1.54, 1.807) is 0 Å². The lowest BCUT2D eigenvalue weighted by atomic mass is 9.80. The Labute approximate surface area is 112 Å². The zero-order valence-electron chi connectivity index (χ0n) is 12.5. The molecule has 1 aliphatic heterocycles. The Morgan fingerprint density at radius 2 is 2.00 bits per heavy atom. The minimum Gasteiger partial charge on any atom is -0.387 e. The van der Waals surface area contributed by atoms with E-state index in [9.17, 15) is 5.11 Å². The van der Waals surface area contributed by atoms with Crippen molar-refractivity contribution < 1.29 is 9.84 Å². The Morgan fingerprint density at radius 3 is 2.44 bits per heavy atom. The summed E-state index contributed by atoms with van der Waals surface area (Å²) in [5.41, 5.74) is -0.292. The second-order valence-corrected chi connectivity index (χ2v) is 6.44. The second kappa shape index (κ2) is 5.18. The van der Waals surface area contributed by atoms with Gasteiger partial charge in [0.2, 0.25) is 0 Å². The van der Waals surface area contributed by atoms with E-state index < -0.39 is 11.2 Å². The van der Waals surface area contributed by atoms with Gasteiger partial charge in [-0.05, 0) is 60.3 Å². The molecule has 1 heterocycles. The smallest absolute Gasteiger partial charge is 0.0950 e. The van der Waals surface area contributed by atoms with Crippen LogP contribution in [0, 0.1) is 0 Å². The lowest BCUT2D eigenvalue weighted by Crippen LogP contribution is -2.50. The monoisotopic (exact) mass is 252 g/mol. The number of hydrogen-bond acceptors (Lipinski definition) is 2. The van der Waals surface area contributed by atoms with Crippen LogP contribution in [0.2, 0.25) is 0 Å². The first-order valence-electron chi connectivity index (χ1n) is 6.84. The zero-order chi connectivity index (χ0) is 14.0. The summed E-state index contributed by atoms with van der Waals surface area (Å²) in [4.78, 5) is 0. The van der Waals surface area contributed by atoms with Crippen molar-refractivity contribution in [3.05, 3.63) is 24.3 Å². The molecule has 0 saturated carbocycles. The van der Waals surface area contributed by atoms with Crippen LogP contribution in [-0.2, 0) is 4.74 Å². The molecule has 0 aromatic carbocycles. The van der Waals surface area contributed by atoms with Crippen molar-refractivity contribution in [2.75, 3.05) is 0 Å². The molecule has 0 aromatic rings. The maximum absolute atomic E-state index is 10.7. The standard InChI is InChI=1S/C16H28O2/c1-7-14(4)11-12-16(6,18-14)15(5,17)10-8-9-13(2)3/h7,9,17H,1,8,10-12H2,2-6H3/t14-,15-,16-/m1/s1. The number of aliphatic hydroxyl groups is 1. The number of ether oxygens (including phenoxy) is 1. The summed E-state index contributed by atoms with van der Waals surface area (Å²) in [6.07, 6.45) is 7.42. The van der Waals surface area contributed by atoms with Gasteiger partial charge in [0.05, 0.1) is 16.8 Å². The van der Waals surface area contributed by atoms with Gasteiger partial charge in [-0.1, -0.05) is 17.7 Å². The number of rotatable bonds is 5. The summed E-state index contributed by atoms with van der Waals surface area (Å²) >= 11 is 0. The molecule has 0 bridgehead atoms. The van der Waals surface area contributed by atoms with Gasteiger partial charge in [0.1, 0.15) is 0 Å². The first-order chi connectivity index (χ1) is 8.14. The minimum atomic E-state index is -0.806. The largest absolute Gasteiger partial charge is 0.387 e. The van der Waals surface area contributed by atoms with Gasteiger partial charge in [-0.3, -0.25) is 0 Å². The maximum Gasteiger partial charge on any atom is 0.0950 e. The third-order valence-corrected chi connectivity index (χ3v) is 4.31. The summed E-state index contributed by atoms with van der Waals surface area (Å²) in [5.74, 6) is 0. The lowest BCUT2D eigenvalue weighted by Gasteiger charge is -2.41. The Kier molecular flexibility index (Phi) is 4.45. The molecule has 1 fully saturated rings. The van der Waals surface area contributed by atoms with Gasteiger partial charge in [-0.15, -0.1) is 6.58 Å². The molecular weight excluding hydrogens is 224 g/mol. The van der Waals surface area contributed by atoms with Crippen LogP contribution in [0.25, 0.3) is 0 Å². The van der Waals surface area contributed by atoms with E-state index in [-0.39, 0.29) is 5.60 Å². The molecule has 18 heavy (non-hydrogen) atoms. The van der Waals surface area contributed by atoms with Crippen LogP contribution in [0.4, 0.5) is 0 Å². The summed E-state index contributed by atoms with van der Waals surface area (Å²) in [6.45, 7) is 13.9. The topological polar surface area (TPSA) is 29.5 Å². The maximum atomic E-state index is 10.7. The molecule has 104 valence electrons. The molecule has 1 rings (SSSR count). The molecule has 0 spiro atoms. The van der Waals surface area contributed by atoms with Crippen molar-refractivity contribution in [1.29, 1.82) is 0 Å². The molecule has 3 atom stereocenters. The highest BCUT2D eigenvalue weighted by Gasteiger charge is 2.52. The molecule has 0 aromatic heterocycles. The highest BCUT2D eigenvalue weighted by atomic mass is 16.5. The molecule has 2 heteroatoms. The number of hydrogen-bond donors (Lipinski definition) is 1. The van der Waals surface area contributed by atoms with Crippen LogP contribution in [0.3, 0.4) is 0 Å². The molecule has 0 radical (unpaired) electrons. The molecule has 0 amide bonds. The van der Waals surface area contributed by atoms with Gasteiger partial charge >= 0.3 is 0 Å². The summed E-state index contributed by atoms with van der Waals surface area (Å²) < 4.78 is 6.12. The fourth-order valence-electron chi connectivity index (χ4n) is 2.53. The van der Waals surface area contributed by atoms with Gasteiger partial charge in [-0.25, -0.2) is 0 Å². The van der Waals surface area contributed by atoms with Crippen molar-refractivity contribution >= 4 is 0 Å². The van der Waals surface area contributed by atoms with Crippen molar-refractivity contribution in [1.82, 2.24) is 0 Å². The fourth-order valence-corrected chi connectivity index (χ4v) is 2.53. The van der Waals surface area contributed by atoms with Crippen LogP contribution in [0.5, 0.6) is 0 Å². The molecule has 0 aliphatic carbocycles. The quantitative estimate of drug-likeness (QED) is 0.749. The van der Waals surface area contributed by atoms with E-state index in [1.807, 2.05) is 26.8 Å². The van der Waals surface area contributed by atoms with Crippen LogP contribution in [0.15, 0.2) is 24.3 Å². The number of allylic oxidation sites excluding steroid dienone is 2. The summed E-state index contributed by atoms with van der Waals surface area (Å²) in [7, 11) is 0. The first-order valence-corrected chi connectivity index (χ1v) is 6.84. The lowest BCUT2D eigenvalue weighted by molar-refractivity contribution is -0.174. The summed E-state index contributed by atoms with van der Waals surface area (Å²) in [5, 5.41) is 10.7. The highest BCUT2D eigenvalue weighted by Crippen LogP contribution is 2.45. The average Bonchev–Trinajstić information content (AvgIpc) is 2.57. The molecule has 1 aliphatic rings. The normalized spacial score (nSPS) is 35.0. The Bertz CT molecular complexity index is 339. The van der Waals surface area contributed by atoms with E-state index >= 15 is 0 Å². The van der Waals surface area contributed by atoms with Crippen LogP contribution < -0.4 is 0 Å². The fraction of sp³-hybridized carbons (Fsp3) is 0.750. The first kappa shape index (κ1) is 15.5. The predicted molar refractivity (Wildman–Crippen MR) is 76.6 cm³/mol. The van der Waals surface area contributed by atoms with E-state index in [2.05, 4.69) is 26.5 Å². The third-order valence-electron chi connectivity index (χ3n) is 4.31. The van der Waals surface area contributed by atoms with Crippen molar-refractivity contribution in [2.24, 2.45) is 0 Å². The van der Waals surface area contributed by atoms with Gasteiger partial charge < -0.3 is 9.84 Å². The highest BCUT2D eigenvalue weighted by molar-refractivity contribution is 5.09. The van der Waals surface area contributed by atoms with Crippen molar-refractivity contribution in [2.45, 2.75) is 77.1 Å². The van der Waals surface area contributed by atoms with E-state index in [0.717, 1.165) is 25.7 Å².